The van der Waals surface area contributed by atoms with E-state index < -0.39 is 0 Å². The number of hydrogen-bond acceptors (Lipinski definition) is 3. The zero-order valence-corrected chi connectivity index (χ0v) is 14.6. The summed E-state index contributed by atoms with van der Waals surface area (Å²) in [5.41, 5.74) is 2.48. The number of Topliss-reactive ketones (excluding diaryl/α,β-unsaturated/α-hetero) is 1. The van der Waals surface area contributed by atoms with Gasteiger partial charge in [-0.2, -0.15) is 0 Å². The van der Waals surface area contributed by atoms with Gasteiger partial charge in [0.05, 0.1) is 11.2 Å². The fourth-order valence-corrected chi connectivity index (χ4v) is 4.02. The molecule has 0 amide bonds. The molecule has 124 valence electrons. The van der Waals surface area contributed by atoms with Crippen molar-refractivity contribution in [3.05, 3.63) is 23.5 Å². The maximum Gasteiger partial charge on any atom is 0.182 e. The predicted octanol–water partition coefficient (Wildman–Crippen LogP) is 2.45. The van der Waals surface area contributed by atoms with Crippen molar-refractivity contribution in [2.45, 2.75) is 37.8 Å². The van der Waals surface area contributed by atoms with E-state index in [1.165, 1.54) is 5.69 Å². The lowest BCUT2D eigenvalue weighted by Gasteiger charge is -2.48. The molecule has 3 heterocycles. The summed E-state index contributed by atoms with van der Waals surface area (Å²) in [6.45, 7) is 4.15. The summed E-state index contributed by atoms with van der Waals surface area (Å²) >= 11 is 0. The lowest BCUT2D eigenvalue weighted by atomic mass is 9.82. The number of rotatable bonds is 2. The van der Waals surface area contributed by atoms with Crippen LogP contribution in [0.3, 0.4) is 0 Å². The van der Waals surface area contributed by atoms with Gasteiger partial charge in [-0.15, -0.1) is 24.8 Å². The molecule has 0 aromatic carbocycles. The number of halogens is 2. The monoisotopic (exact) mass is 345 g/mol. The number of piperidine rings is 1. The summed E-state index contributed by atoms with van der Waals surface area (Å²) in [5, 5.41) is 3.46. The molecule has 0 bridgehead atoms. The Balaban J connectivity index is 0.000000882. The minimum absolute atomic E-state index is 0. The first-order valence-electron chi connectivity index (χ1n) is 7.88. The first-order valence-corrected chi connectivity index (χ1v) is 7.88. The molecule has 1 aliphatic carbocycles. The first-order chi connectivity index (χ1) is 9.72. The Morgan fingerprint density at radius 3 is 2.50 bits per heavy atom. The average Bonchev–Trinajstić information content (AvgIpc) is 3.23. The minimum atomic E-state index is 0. The standard InChI is InChI=1S/C16H23N3O.2ClH/c1-18-10-11-19-13(15(20)12-2-3-12)4-5-14(19)16(18)6-8-17-9-7-16;;/h4-5,12,17H,2-3,6-11H2,1H3;2*1H. The van der Waals surface area contributed by atoms with Crippen molar-refractivity contribution >= 4 is 30.6 Å². The van der Waals surface area contributed by atoms with Gasteiger partial charge in [-0.05, 0) is 58.0 Å². The van der Waals surface area contributed by atoms with Gasteiger partial charge in [0.15, 0.2) is 5.78 Å². The van der Waals surface area contributed by atoms with Crippen molar-refractivity contribution in [2.24, 2.45) is 5.92 Å². The van der Waals surface area contributed by atoms with E-state index in [0.29, 0.717) is 11.7 Å². The number of likely N-dealkylation sites (N-methyl/N-ethyl adjacent to an activating group) is 1. The number of fused-ring (bicyclic) bond motifs is 2. The summed E-state index contributed by atoms with van der Waals surface area (Å²) in [4.78, 5) is 15.0. The number of carbonyl (C=O) groups is 1. The van der Waals surface area contributed by atoms with Gasteiger partial charge in [0.25, 0.3) is 0 Å². The van der Waals surface area contributed by atoms with Gasteiger partial charge >= 0.3 is 0 Å². The molecule has 4 nitrogen and oxygen atoms in total. The van der Waals surface area contributed by atoms with E-state index in [0.717, 1.165) is 57.6 Å². The molecule has 1 aromatic heterocycles. The molecule has 1 aromatic rings. The average molecular weight is 346 g/mol. The van der Waals surface area contributed by atoms with E-state index in [1.54, 1.807) is 0 Å². The van der Waals surface area contributed by atoms with Crippen LogP contribution in [0.25, 0.3) is 0 Å². The molecule has 2 aliphatic heterocycles. The van der Waals surface area contributed by atoms with Crippen LogP contribution in [-0.4, -0.2) is 41.9 Å². The molecule has 1 N–H and O–H groups in total. The normalized spacial score (nSPS) is 23.3. The van der Waals surface area contributed by atoms with Crippen LogP contribution < -0.4 is 5.32 Å². The number of hydrogen-bond donors (Lipinski definition) is 1. The third-order valence-corrected chi connectivity index (χ3v) is 5.48. The summed E-state index contributed by atoms with van der Waals surface area (Å²) in [6, 6.07) is 4.30. The van der Waals surface area contributed by atoms with E-state index in [4.69, 9.17) is 0 Å². The Bertz CT molecular complexity index is 548. The van der Waals surface area contributed by atoms with Crippen LogP contribution in [0, 0.1) is 5.92 Å². The van der Waals surface area contributed by atoms with Gasteiger partial charge in [0, 0.05) is 24.7 Å². The molecule has 6 heteroatoms. The summed E-state index contributed by atoms with van der Waals surface area (Å²) in [5.74, 6) is 0.697. The molecule has 0 radical (unpaired) electrons. The fraction of sp³-hybridized carbons (Fsp3) is 0.688. The Morgan fingerprint density at radius 1 is 1.18 bits per heavy atom. The maximum absolute atomic E-state index is 12.4. The molecule has 22 heavy (non-hydrogen) atoms. The van der Waals surface area contributed by atoms with Crippen molar-refractivity contribution < 1.29 is 4.79 Å². The zero-order chi connectivity index (χ0) is 13.7. The second kappa shape index (κ2) is 6.52. The van der Waals surface area contributed by atoms with E-state index in [-0.39, 0.29) is 30.4 Å². The van der Waals surface area contributed by atoms with Crippen molar-refractivity contribution in [1.29, 1.82) is 0 Å². The Labute approximate surface area is 144 Å². The maximum atomic E-state index is 12.4. The molecule has 2 fully saturated rings. The van der Waals surface area contributed by atoms with Crippen molar-refractivity contribution in [3.8, 4) is 0 Å². The number of aromatic nitrogens is 1. The van der Waals surface area contributed by atoms with E-state index in [1.807, 2.05) is 0 Å². The van der Waals surface area contributed by atoms with Crippen LogP contribution in [0.5, 0.6) is 0 Å². The lowest BCUT2D eigenvalue weighted by Crippen LogP contribution is -2.55. The van der Waals surface area contributed by atoms with Gasteiger partial charge in [0.2, 0.25) is 0 Å². The molecular formula is C16H25Cl2N3O. The van der Waals surface area contributed by atoms with Crippen LogP contribution >= 0.6 is 24.8 Å². The lowest BCUT2D eigenvalue weighted by molar-refractivity contribution is 0.0472. The van der Waals surface area contributed by atoms with Crippen molar-refractivity contribution in [3.63, 3.8) is 0 Å². The molecule has 3 aliphatic rings. The molecule has 1 saturated carbocycles. The van der Waals surface area contributed by atoms with E-state index in [9.17, 15) is 4.79 Å². The van der Waals surface area contributed by atoms with E-state index >= 15 is 0 Å². The molecule has 0 unspecified atom stereocenters. The molecule has 4 rings (SSSR count). The molecule has 1 saturated heterocycles. The highest BCUT2D eigenvalue weighted by Gasteiger charge is 2.44. The number of nitrogens with zero attached hydrogens (tertiary/aromatic N) is 2. The number of carbonyl (C=O) groups excluding carboxylic acids is 1. The first kappa shape index (κ1) is 17.8. The third kappa shape index (κ3) is 2.60. The highest BCUT2D eigenvalue weighted by molar-refractivity contribution is 5.98. The second-order valence-electron chi connectivity index (χ2n) is 6.60. The summed E-state index contributed by atoms with van der Waals surface area (Å²) in [6.07, 6.45) is 4.47. The number of ketones is 1. The van der Waals surface area contributed by atoms with Crippen molar-refractivity contribution in [1.82, 2.24) is 14.8 Å². The van der Waals surface area contributed by atoms with Crippen LogP contribution in [0.15, 0.2) is 12.1 Å². The topological polar surface area (TPSA) is 37.3 Å². The smallest absolute Gasteiger partial charge is 0.182 e. The van der Waals surface area contributed by atoms with Gasteiger partial charge in [-0.3, -0.25) is 9.69 Å². The number of nitrogens with one attached hydrogen (secondary N) is 1. The molecule has 1 spiro atoms. The summed E-state index contributed by atoms with van der Waals surface area (Å²) < 4.78 is 2.33. The van der Waals surface area contributed by atoms with Crippen LogP contribution in [-0.2, 0) is 12.1 Å². The van der Waals surface area contributed by atoms with Gasteiger partial charge in [-0.25, -0.2) is 0 Å². The quantitative estimate of drug-likeness (QED) is 0.836. The van der Waals surface area contributed by atoms with Gasteiger partial charge in [-0.1, -0.05) is 0 Å². The Hall–Kier alpha value is -0.550. The van der Waals surface area contributed by atoms with E-state index in [2.05, 4.69) is 34.0 Å². The Kier molecular flexibility index (Phi) is 5.27. The summed E-state index contributed by atoms with van der Waals surface area (Å²) in [7, 11) is 2.24. The SMILES string of the molecule is CN1CCn2c(C(=O)C3CC3)ccc2C12CCNCC2.Cl.Cl. The second-order valence-corrected chi connectivity index (χ2v) is 6.60. The van der Waals surface area contributed by atoms with Crippen molar-refractivity contribution in [2.75, 3.05) is 26.7 Å². The zero-order valence-electron chi connectivity index (χ0n) is 13.0. The highest BCUT2D eigenvalue weighted by atomic mass is 35.5. The predicted molar refractivity (Wildman–Crippen MR) is 92.4 cm³/mol. The third-order valence-electron chi connectivity index (χ3n) is 5.48. The van der Waals surface area contributed by atoms with Crippen LogP contribution in [0.2, 0.25) is 0 Å². The minimum Gasteiger partial charge on any atom is -0.339 e. The highest BCUT2D eigenvalue weighted by Crippen LogP contribution is 2.41. The van der Waals surface area contributed by atoms with Gasteiger partial charge < -0.3 is 9.88 Å². The largest absolute Gasteiger partial charge is 0.339 e. The molecule has 0 atom stereocenters. The van der Waals surface area contributed by atoms with Crippen LogP contribution in [0.4, 0.5) is 0 Å². The van der Waals surface area contributed by atoms with Gasteiger partial charge in [0.1, 0.15) is 0 Å². The van der Waals surface area contributed by atoms with Crippen LogP contribution in [0.1, 0.15) is 41.9 Å². The fourth-order valence-electron chi connectivity index (χ4n) is 4.02. The Morgan fingerprint density at radius 2 is 1.86 bits per heavy atom. The molecular weight excluding hydrogens is 321 g/mol.